The van der Waals surface area contributed by atoms with Gasteiger partial charge in [-0.05, 0) is 18.6 Å². The SMILES string of the molecule is C[C@@H](Cl)C(=O)/C=C1/N(C)c2ccccc2C1(C)C. The molecule has 1 atom stereocenters. The van der Waals surface area contributed by atoms with Gasteiger partial charge in [0.15, 0.2) is 5.78 Å². The van der Waals surface area contributed by atoms with Crippen molar-refractivity contribution in [3.05, 3.63) is 41.6 Å². The molecule has 1 aliphatic rings. The van der Waals surface area contributed by atoms with Crippen LogP contribution in [0.15, 0.2) is 36.0 Å². The number of alkyl halides is 1. The van der Waals surface area contributed by atoms with Gasteiger partial charge in [0.2, 0.25) is 0 Å². The molecule has 0 aromatic heterocycles. The summed E-state index contributed by atoms with van der Waals surface area (Å²) in [4.78, 5) is 13.9. The summed E-state index contributed by atoms with van der Waals surface area (Å²) in [5.74, 6) is -0.0422. The van der Waals surface area contributed by atoms with Gasteiger partial charge in [0.1, 0.15) is 0 Å². The number of halogens is 1. The number of fused-ring (bicyclic) bond motifs is 1. The van der Waals surface area contributed by atoms with Crippen LogP contribution in [0, 0.1) is 0 Å². The van der Waals surface area contributed by atoms with Crippen molar-refractivity contribution in [2.75, 3.05) is 11.9 Å². The van der Waals surface area contributed by atoms with Gasteiger partial charge in [-0.1, -0.05) is 32.0 Å². The van der Waals surface area contributed by atoms with E-state index < -0.39 is 5.38 Å². The number of allylic oxidation sites excluding steroid dienone is 2. The molecule has 1 aromatic rings. The molecule has 96 valence electrons. The molecule has 18 heavy (non-hydrogen) atoms. The molecule has 0 saturated carbocycles. The van der Waals surface area contributed by atoms with E-state index in [2.05, 4.69) is 30.9 Å². The topological polar surface area (TPSA) is 20.3 Å². The average molecular weight is 264 g/mol. The van der Waals surface area contributed by atoms with E-state index in [1.165, 1.54) is 5.56 Å². The maximum Gasteiger partial charge on any atom is 0.174 e. The number of carbonyl (C=O) groups is 1. The number of benzene rings is 1. The summed E-state index contributed by atoms with van der Waals surface area (Å²) in [5, 5.41) is -0.481. The quantitative estimate of drug-likeness (QED) is 0.601. The normalized spacial score (nSPS) is 20.9. The summed E-state index contributed by atoms with van der Waals surface area (Å²) in [6, 6.07) is 8.23. The third-order valence-corrected chi connectivity index (χ3v) is 3.83. The third-order valence-electron chi connectivity index (χ3n) is 3.61. The number of likely N-dealkylation sites (N-methyl/N-ethyl adjacent to an activating group) is 1. The highest BCUT2D eigenvalue weighted by Gasteiger charge is 2.38. The van der Waals surface area contributed by atoms with E-state index in [0.717, 1.165) is 11.4 Å². The summed E-state index contributed by atoms with van der Waals surface area (Å²) in [6.45, 7) is 5.97. The molecule has 0 N–H and O–H groups in total. The minimum atomic E-state index is -0.481. The summed E-state index contributed by atoms with van der Waals surface area (Å²) >= 11 is 5.85. The van der Waals surface area contributed by atoms with Crippen LogP contribution < -0.4 is 4.90 Å². The van der Waals surface area contributed by atoms with Crippen LogP contribution in [0.3, 0.4) is 0 Å². The van der Waals surface area contributed by atoms with Gasteiger partial charge in [-0.2, -0.15) is 0 Å². The molecule has 0 amide bonds. The Morgan fingerprint density at radius 2 is 2.00 bits per heavy atom. The zero-order valence-electron chi connectivity index (χ0n) is 11.2. The summed E-state index contributed by atoms with van der Waals surface area (Å²) in [7, 11) is 1.99. The standard InChI is InChI=1S/C15H18ClNO/c1-10(16)13(18)9-14-15(2,3)11-7-5-6-8-12(11)17(14)4/h5-10H,1-4H3/b14-9+/t10-/m1/s1. The lowest BCUT2D eigenvalue weighted by Gasteiger charge is -2.24. The van der Waals surface area contributed by atoms with Crippen LogP contribution in [-0.2, 0) is 10.2 Å². The van der Waals surface area contributed by atoms with Crippen LogP contribution in [0.25, 0.3) is 0 Å². The predicted octanol–water partition coefficient (Wildman–Crippen LogP) is 3.49. The summed E-state index contributed by atoms with van der Waals surface area (Å²) in [6.07, 6.45) is 1.68. The molecular weight excluding hydrogens is 246 g/mol. The van der Waals surface area contributed by atoms with Gasteiger partial charge in [0.25, 0.3) is 0 Å². The number of carbonyl (C=O) groups excluding carboxylic acids is 1. The minimum Gasteiger partial charge on any atom is -0.347 e. The Bertz CT molecular complexity index is 517. The smallest absolute Gasteiger partial charge is 0.174 e. The molecule has 0 bridgehead atoms. The first-order valence-electron chi connectivity index (χ1n) is 6.09. The highest BCUT2D eigenvalue weighted by molar-refractivity contribution is 6.32. The summed E-state index contributed by atoms with van der Waals surface area (Å²) in [5.41, 5.74) is 3.24. The fraction of sp³-hybridized carbons (Fsp3) is 0.400. The van der Waals surface area contributed by atoms with Gasteiger partial charge < -0.3 is 4.90 Å². The molecule has 0 unspecified atom stereocenters. The fourth-order valence-electron chi connectivity index (χ4n) is 2.51. The van der Waals surface area contributed by atoms with Crippen LogP contribution in [-0.4, -0.2) is 18.2 Å². The van der Waals surface area contributed by atoms with Crippen molar-refractivity contribution in [2.45, 2.75) is 31.6 Å². The Kier molecular flexibility index (Phi) is 3.24. The Hall–Kier alpha value is -1.28. The minimum absolute atomic E-state index is 0.0422. The predicted molar refractivity (Wildman–Crippen MR) is 76.3 cm³/mol. The first-order valence-corrected chi connectivity index (χ1v) is 6.52. The Balaban J connectivity index is 2.51. The molecule has 1 heterocycles. The number of hydrogen-bond donors (Lipinski definition) is 0. The van der Waals surface area contributed by atoms with Crippen molar-refractivity contribution in [3.63, 3.8) is 0 Å². The van der Waals surface area contributed by atoms with Gasteiger partial charge in [0.05, 0.1) is 5.38 Å². The largest absolute Gasteiger partial charge is 0.347 e. The van der Waals surface area contributed by atoms with Crippen LogP contribution in [0.5, 0.6) is 0 Å². The molecule has 0 aliphatic carbocycles. The van der Waals surface area contributed by atoms with Gasteiger partial charge in [0, 0.05) is 29.9 Å². The Morgan fingerprint density at radius 3 is 2.56 bits per heavy atom. The average Bonchev–Trinajstić information content (AvgIpc) is 2.51. The number of nitrogens with zero attached hydrogens (tertiary/aromatic N) is 1. The van der Waals surface area contributed by atoms with E-state index in [9.17, 15) is 4.79 Å². The van der Waals surface area contributed by atoms with Crippen molar-refractivity contribution in [1.29, 1.82) is 0 Å². The van der Waals surface area contributed by atoms with E-state index in [1.807, 2.05) is 19.2 Å². The summed E-state index contributed by atoms with van der Waals surface area (Å²) < 4.78 is 0. The second kappa shape index (κ2) is 4.43. The van der Waals surface area contributed by atoms with Crippen LogP contribution in [0.1, 0.15) is 26.3 Å². The lowest BCUT2D eigenvalue weighted by Crippen LogP contribution is -2.25. The Labute approximate surface area is 113 Å². The van der Waals surface area contributed by atoms with Gasteiger partial charge in [-0.15, -0.1) is 11.6 Å². The monoisotopic (exact) mass is 263 g/mol. The van der Waals surface area contributed by atoms with Crippen molar-refractivity contribution < 1.29 is 4.79 Å². The van der Waals surface area contributed by atoms with E-state index in [-0.39, 0.29) is 11.2 Å². The van der Waals surface area contributed by atoms with E-state index >= 15 is 0 Å². The van der Waals surface area contributed by atoms with E-state index in [0.29, 0.717) is 0 Å². The molecule has 0 spiro atoms. The molecule has 1 aromatic carbocycles. The van der Waals surface area contributed by atoms with Gasteiger partial charge in [-0.3, -0.25) is 4.79 Å². The Morgan fingerprint density at radius 1 is 1.39 bits per heavy atom. The highest BCUT2D eigenvalue weighted by atomic mass is 35.5. The maximum absolute atomic E-state index is 11.8. The molecule has 0 saturated heterocycles. The molecule has 0 radical (unpaired) electrons. The molecule has 3 heteroatoms. The maximum atomic E-state index is 11.8. The van der Waals surface area contributed by atoms with Crippen molar-refractivity contribution in [3.8, 4) is 0 Å². The highest BCUT2D eigenvalue weighted by Crippen LogP contribution is 2.46. The molecule has 1 aliphatic heterocycles. The number of ketones is 1. The van der Waals surface area contributed by atoms with Crippen LogP contribution in [0.4, 0.5) is 5.69 Å². The number of anilines is 1. The van der Waals surface area contributed by atoms with E-state index in [1.54, 1.807) is 13.0 Å². The van der Waals surface area contributed by atoms with Crippen LogP contribution in [0.2, 0.25) is 0 Å². The lowest BCUT2D eigenvalue weighted by molar-refractivity contribution is -0.114. The first-order chi connectivity index (χ1) is 8.35. The van der Waals surface area contributed by atoms with Crippen molar-refractivity contribution in [2.24, 2.45) is 0 Å². The number of para-hydroxylation sites is 1. The number of rotatable bonds is 2. The zero-order chi connectivity index (χ0) is 13.5. The van der Waals surface area contributed by atoms with Crippen molar-refractivity contribution >= 4 is 23.1 Å². The van der Waals surface area contributed by atoms with Crippen LogP contribution >= 0.6 is 11.6 Å². The first kappa shape index (κ1) is 13.2. The fourth-order valence-corrected chi connectivity index (χ4v) is 2.57. The van der Waals surface area contributed by atoms with E-state index in [4.69, 9.17) is 11.6 Å². The molecule has 2 rings (SSSR count). The number of hydrogen-bond acceptors (Lipinski definition) is 2. The molecule has 2 nitrogen and oxygen atoms in total. The van der Waals surface area contributed by atoms with Gasteiger partial charge >= 0.3 is 0 Å². The van der Waals surface area contributed by atoms with Gasteiger partial charge in [-0.25, -0.2) is 0 Å². The molecular formula is C15H18ClNO. The second-order valence-electron chi connectivity index (χ2n) is 5.25. The zero-order valence-corrected chi connectivity index (χ0v) is 12.0. The lowest BCUT2D eigenvalue weighted by atomic mass is 9.83. The van der Waals surface area contributed by atoms with Crippen molar-refractivity contribution in [1.82, 2.24) is 0 Å². The second-order valence-corrected chi connectivity index (χ2v) is 5.90. The third kappa shape index (κ3) is 1.95. The molecule has 0 fully saturated rings.